The number of carbonyl (C=O) groups excluding carboxylic acids is 1. The second kappa shape index (κ2) is 4.97. The maximum atomic E-state index is 12.0. The molecule has 1 aliphatic rings. The Morgan fingerprint density at radius 3 is 3.00 bits per heavy atom. The summed E-state index contributed by atoms with van der Waals surface area (Å²) < 4.78 is 0. The van der Waals surface area contributed by atoms with Crippen molar-refractivity contribution < 1.29 is 14.7 Å². The number of fused-ring (bicyclic) bond motifs is 1. The maximum absolute atomic E-state index is 12.0. The van der Waals surface area contributed by atoms with Crippen molar-refractivity contribution >= 4 is 23.3 Å². The van der Waals surface area contributed by atoms with Crippen molar-refractivity contribution in [1.29, 1.82) is 0 Å². The van der Waals surface area contributed by atoms with Gasteiger partial charge < -0.3 is 15.3 Å². The molecular formula is C12H16N2O3S. The molecule has 0 bridgehead atoms. The summed E-state index contributed by atoms with van der Waals surface area (Å²) in [5.74, 6) is -1.02. The number of rotatable bonds is 2. The molecule has 2 rings (SSSR count). The Balaban J connectivity index is 2.07. The molecule has 1 aromatic rings. The van der Waals surface area contributed by atoms with Gasteiger partial charge in [-0.15, -0.1) is 11.3 Å². The Morgan fingerprint density at radius 2 is 2.33 bits per heavy atom. The summed E-state index contributed by atoms with van der Waals surface area (Å²) in [6.45, 7) is 4.06. The Kier molecular flexibility index (Phi) is 3.56. The summed E-state index contributed by atoms with van der Waals surface area (Å²) in [5.41, 5.74) is 1.17. The summed E-state index contributed by atoms with van der Waals surface area (Å²) >= 11 is 1.71. The molecular weight excluding hydrogens is 252 g/mol. The number of thiophene rings is 1. The lowest BCUT2D eigenvalue weighted by atomic mass is 10.0. The number of carboxylic acids is 1. The molecule has 98 valence electrons. The third-order valence-corrected chi connectivity index (χ3v) is 4.25. The minimum Gasteiger partial charge on any atom is -0.480 e. The molecule has 0 saturated heterocycles. The van der Waals surface area contributed by atoms with Crippen molar-refractivity contribution in [3.8, 4) is 0 Å². The van der Waals surface area contributed by atoms with Gasteiger partial charge in [0.05, 0.1) is 6.04 Å². The van der Waals surface area contributed by atoms with Crippen molar-refractivity contribution in [3.63, 3.8) is 0 Å². The van der Waals surface area contributed by atoms with Crippen LogP contribution in [-0.2, 0) is 11.2 Å². The molecule has 1 aliphatic heterocycles. The van der Waals surface area contributed by atoms with Crippen molar-refractivity contribution in [1.82, 2.24) is 10.2 Å². The molecule has 0 radical (unpaired) electrons. The van der Waals surface area contributed by atoms with E-state index in [0.717, 1.165) is 6.42 Å². The lowest BCUT2D eigenvalue weighted by molar-refractivity contribution is -0.138. The molecule has 2 atom stereocenters. The van der Waals surface area contributed by atoms with E-state index in [2.05, 4.69) is 5.32 Å². The minimum absolute atomic E-state index is 0.000921. The molecule has 0 spiro atoms. The van der Waals surface area contributed by atoms with Gasteiger partial charge in [0.15, 0.2) is 0 Å². The molecule has 2 heterocycles. The highest BCUT2D eigenvalue weighted by molar-refractivity contribution is 7.10. The van der Waals surface area contributed by atoms with E-state index in [1.54, 1.807) is 16.2 Å². The van der Waals surface area contributed by atoms with E-state index in [4.69, 9.17) is 5.11 Å². The van der Waals surface area contributed by atoms with Crippen LogP contribution in [0.3, 0.4) is 0 Å². The van der Waals surface area contributed by atoms with Crippen molar-refractivity contribution in [2.24, 2.45) is 0 Å². The summed E-state index contributed by atoms with van der Waals surface area (Å²) in [6, 6.07) is 0.855. The van der Waals surface area contributed by atoms with Crippen molar-refractivity contribution in [2.45, 2.75) is 32.4 Å². The van der Waals surface area contributed by atoms with Crippen LogP contribution < -0.4 is 5.32 Å². The molecule has 0 aliphatic carbocycles. The lowest BCUT2D eigenvalue weighted by Gasteiger charge is -2.34. The molecule has 2 N–H and O–H groups in total. The van der Waals surface area contributed by atoms with E-state index in [-0.39, 0.29) is 12.1 Å². The minimum atomic E-state index is -1.02. The number of amides is 2. The zero-order chi connectivity index (χ0) is 13.3. The van der Waals surface area contributed by atoms with Gasteiger partial charge in [-0.3, -0.25) is 4.79 Å². The smallest absolute Gasteiger partial charge is 0.325 e. The van der Waals surface area contributed by atoms with Crippen LogP contribution in [0.5, 0.6) is 0 Å². The van der Waals surface area contributed by atoms with Crippen LogP contribution in [0.1, 0.15) is 30.3 Å². The van der Waals surface area contributed by atoms with Crippen LogP contribution in [0, 0.1) is 0 Å². The highest BCUT2D eigenvalue weighted by Gasteiger charge is 2.29. The number of carbonyl (C=O) groups is 2. The summed E-state index contributed by atoms with van der Waals surface area (Å²) in [7, 11) is 0. The van der Waals surface area contributed by atoms with Crippen LogP contribution >= 0.6 is 11.3 Å². The van der Waals surface area contributed by atoms with Crippen LogP contribution in [0.25, 0.3) is 0 Å². The molecule has 0 aromatic carbocycles. The quantitative estimate of drug-likeness (QED) is 0.860. The molecule has 2 unspecified atom stereocenters. The number of nitrogens with zero attached hydrogens (tertiary/aromatic N) is 1. The first-order chi connectivity index (χ1) is 8.50. The van der Waals surface area contributed by atoms with Gasteiger partial charge in [0, 0.05) is 11.4 Å². The molecule has 1 aromatic heterocycles. The van der Waals surface area contributed by atoms with E-state index in [9.17, 15) is 9.59 Å². The fourth-order valence-corrected chi connectivity index (χ4v) is 3.08. The van der Waals surface area contributed by atoms with E-state index in [1.165, 1.54) is 17.4 Å². The number of aliphatic carboxylic acids is 1. The van der Waals surface area contributed by atoms with Crippen LogP contribution in [0.4, 0.5) is 4.79 Å². The van der Waals surface area contributed by atoms with Gasteiger partial charge in [0.2, 0.25) is 0 Å². The monoisotopic (exact) mass is 268 g/mol. The van der Waals surface area contributed by atoms with Crippen molar-refractivity contribution in [3.05, 3.63) is 21.9 Å². The summed E-state index contributed by atoms with van der Waals surface area (Å²) in [6.07, 6.45) is 0.839. The van der Waals surface area contributed by atoms with Gasteiger partial charge in [0.1, 0.15) is 6.04 Å². The van der Waals surface area contributed by atoms with Gasteiger partial charge in [0.25, 0.3) is 0 Å². The first-order valence-corrected chi connectivity index (χ1v) is 6.75. The Hall–Kier alpha value is -1.56. The Labute approximate surface area is 109 Å². The SMILES string of the molecule is CC(NC(=O)N1CCc2sccc2C1C)C(=O)O. The molecule has 2 amide bonds. The zero-order valence-electron chi connectivity index (χ0n) is 10.3. The van der Waals surface area contributed by atoms with Gasteiger partial charge in [-0.25, -0.2) is 4.79 Å². The van der Waals surface area contributed by atoms with Gasteiger partial charge >= 0.3 is 12.0 Å². The molecule has 6 heteroatoms. The van der Waals surface area contributed by atoms with Crippen molar-refractivity contribution in [2.75, 3.05) is 6.54 Å². The highest BCUT2D eigenvalue weighted by Crippen LogP contribution is 2.32. The molecule has 0 saturated carbocycles. The average Bonchev–Trinajstić information content (AvgIpc) is 2.78. The number of hydrogen-bond acceptors (Lipinski definition) is 3. The number of hydrogen-bond donors (Lipinski definition) is 2. The fraction of sp³-hybridized carbons (Fsp3) is 0.500. The van der Waals surface area contributed by atoms with E-state index < -0.39 is 12.0 Å². The van der Waals surface area contributed by atoms with E-state index in [0.29, 0.717) is 6.54 Å². The largest absolute Gasteiger partial charge is 0.480 e. The van der Waals surface area contributed by atoms with Crippen LogP contribution in [0.2, 0.25) is 0 Å². The molecule has 5 nitrogen and oxygen atoms in total. The number of nitrogens with one attached hydrogen (secondary N) is 1. The predicted octanol–water partition coefficient (Wildman–Crippen LogP) is 1.85. The first kappa shape index (κ1) is 12.9. The van der Waals surface area contributed by atoms with Crippen LogP contribution in [0.15, 0.2) is 11.4 Å². The van der Waals surface area contributed by atoms with E-state index in [1.807, 2.05) is 18.4 Å². The third-order valence-electron chi connectivity index (χ3n) is 3.25. The molecule has 18 heavy (non-hydrogen) atoms. The number of carboxylic acid groups (broad SMARTS) is 1. The summed E-state index contributed by atoms with van der Waals surface area (Å²) in [5, 5.41) is 13.3. The summed E-state index contributed by atoms with van der Waals surface area (Å²) in [4.78, 5) is 25.7. The van der Waals surface area contributed by atoms with E-state index >= 15 is 0 Å². The predicted molar refractivity (Wildman–Crippen MR) is 68.8 cm³/mol. The highest BCUT2D eigenvalue weighted by atomic mass is 32.1. The average molecular weight is 268 g/mol. The standard InChI is InChI=1S/C12H16N2O3S/c1-7(11(15)16)13-12(17)14-5-3-10-9(8(14)2)4-6-18-10/h4,6-8H,3,5H2,1-2H3,(H,13,17)(H,15,16). The Bertz CT molecular complexity index is 472. The fourth-order valence-electron chi connectivity index (χ4n) is 2.12. The second-order valence-corrected chi connectivity index (χ2v) is 5.43. The van der Waals surface area contributed by atoms with Crippen LogP contribution in [-0.4, -0.2) is 34.6 Å². The second-order valence-electron chi connectivity index (χ2n) is 4.43. The van der Waals surface area contributed by atoms with Gasteiger partial charge in [-0.1, -0.05) is 0 Å². The van der Waals surface area contributed by atoms with Gasteiger partial charge in [-0.2, -0.15) is 0 Å². The first-order valence-electron chi connectivity index (χ1n) is 5.87. The number of urea groups is 1. The van der Waals surface area contributed by atoms with Gasteiger partial charge in [-0.05, 0) is 37.3 Å². The lowest BCUT2D eigenvalue weighted by Crippen LogP contribution is -2.49. The normalized spacial score (nSPS) is 20.1. The topological polar surface area (TPSA) is 69.6 Å². The maximum Gasteiger partial charge on any atom is 0.325 e. The third kappa shape index (κ3) is 2.33. The zero-order valence-corrected chi connectivity index (χ0v) is 11.2. The Morgan fingerprint density at radius 1 is 1.61 bits per heavy atom. The molecule has 0 fully saturated rings.